The van der Waals surface area contributed by atoms with Crippen LogP contribution >= 0.6 is 11.3 Å². The topological polar surface area (TPSA) is 81.4 Å². The molecule has 0 aromatic carbocycles. The molecule has 2 aromatic rings. The Labute approximate surface area is 126 Å². The number of hydrogen-bond acceptors (Lipinski definition) is 6. The second kappa shape index (κ2) is 6.53. The van der Waals surface area contributed by atoms with E-state index in [4.69, 9.17) is 9.15 Å². The molecule has 1 amide bonds. The predicted octanol–water partition coefficient (Wildman–Crippen LogP) is 2.71. The Morgan fingerprint density at radius 2 is 2.24 bits per heavy atom. The second-order valence-corrected chi connectivity index (χ2v) is 5.26. The summed E-state index contributed by atoms with van der Waals surface area (Å²) in [5.74, 6) is 0.575. The van der Waals surface area contributed by atoms with Gasteiger partial charge in [-0.25, -0.2) is 9.78 Å². The third-order valence-corrected chi connectivity index (χ3v) is 3.54. The van der Waals surface area contributed by atoms with E-state index in [1.807, 2.05) is 26.0 Å². The maximum Gasteiger partial charge on any atom is 0.367 e. The van der Waals surface area contributed by atoms with Crippen molar-refractivity contribution in [1.29, 1.82) is 0 Å². The van der Waals surface area contributed by atoms with Crippen molar-refractivity contribution in [2.24, 2.45) is 0 Å². The Kier molecular flexibility index (Phi) is 4.74. The molecule has 0 saturated carbocycles. The van der Waals surface area contributed by atoms with Gasteiger partial charge in [-0.3, -0.25) is 4.79 Å². The average Bonchev–Trinajstić information content (AvgIpc) is 3.07. The molecule has 7 heteroatoms. The molecule has 0 radical (unpaired) electrons. The number of aryl methyl sites for hydroxylation is 1. The first-order chi connectivity index (χ1) is 10.0. The van der Waals surface area contributed by atoms with Crippen LogP contribution in [0, 0.1) is 6.92 Å². The largest absolute Gasteiger partial charge is 0.464 e. The molecular weight excluding hydrogens is 292 g/mol. The molecule has 2 aromatic heterocycles. The smallest absolute Gasteiger partial charge is 0.367 e. The van der Waals surface area contributed by atoms with Crippen LogP contribution in [0.25, 0.3) is 0 Å². The van der Waals surface area contributed by atoms with E-state index in [2.05, 4.69) is 10.3 Å². The number of nitrogens with one attached hydrogen (secondary N) is 1. The van der Waals surface area contributed by atoms with Crippen LogP contribution in [-0.4, -0.2) is 23.5 Å². The normalized spacial score (nSPS) is 12.0. The summed E-state index contributed by atoms with van der Waals surface area (Å²) < 4.78 is 10.3. The van der Waals surface area contributed by atoms with Crippen molar-refractivity contribution in [3.63, 3.8) is 0 Å². The number of furan rings is 1. The molecule has 0 aliphatic rings. The zero-order valence-corrected chi connectivity index (χ0v) is 12.8. The Balaban J connectivity index is 2.02. The summed E-state index contributed by atoms with van der Waals surface area (Å²) in [7, 11) is 0. The van der Waals surface area contributed by atoms with Crippen LogP contribution in [0.2, 0.25) is 0 Å². The van der Waals surface area contributed by atoms with Crippen LogP contribution in [0.4, 0.5) is 0 Å². The maximum absolute atomic E-state index is 12.1. The summed E-state index contributed by atoms with van der Waals surface area (Å²) in [6.45, 7) is 5.64. The van der Waals surface area contributed by atoms with Crippen LogP contribution < -0.4 is 5.32 Å². The van der Waals surface area contributed by atoms with E-state index in [1.54, 1.807) is 6.92 Å². The summed E-state index contributed by atoms with van der Waals surface area (Å²) in [5, 5.41) is 4.47. The third kappa shape index (κ3) is 3.69. The maximum atomic E-state index is 12.1. The highest BCUT2D eigenvalue weighted by Crippen LogP contribution is 2.17. The van der Waals surface area contributed by atoms with Crippen LogP contribution in [-0.2, 0) is 4.74 Å². The molecule has 0 aliphatic heterocycles. The molecule has 2 heterocycles. The lowest BCUT2D eigenvalue weighted by atomic mass is 10.2. The number of hydrogen-bond donors (Lipinski definition) is 1. The molecule has 1 N–H and O–H groups in total. The lowest BCUT2D eigenvalue weighted by Gasteiger charge is -2.09. The van der Waals surface area contributed by atoms with E-state index >= 15 is 0 Å². The number of thiazole rings is 1. The Morgan fingerprint density at radius 1 is 1.48 bits per heavy atom. The minimum Gasteiger partial charge on any atom is -0.464 e. The van der Waals surface area contributed by atoms with Crippen molar-refractivity contribution < 1.29 is 18.7 Å². The third-order valence-electron chi connectivity index (χ3n) is 2.72. The van der Waals surface area contributed by atoms with Gasteiger partial charge < -0.3 is 14.5 Å². The Hall–Kier alpha value is -2.15. The van der Waals surface area contributed by atoms with Gasteiger partial charge in [0.25, 0.3) is 5.91 Å². The van der Waals surface area contributed by atoms with E-state index < -0.39 is 5.97 Å². The zero-order valence-electron chi connectivity index (χ0n) is 12.0. The number of rotatable bonds is 5. The van der Waals surface area contributed by atoms with Gasteiger partial charge in [-0.05, 0) is 32.9 Å². The fourth-order valence-corrected chi connectivity index (χ4v) is 2.38. The molecule has 1 unspecified atom stereocenters. The summed E-state index contributed by atoms with van der Waals surface area (Å²) >= 11 is 1.08. The quantitative estimate of drug-likeness (QED) is 0.859. The standard InChI is InChI=1S/C14H16N2O4S/c1-4-19-14(18)13-16-10(7-21-13)12(17)15-9(3)11-6-5-8(2)20-11/h5-7,9H,4H2,1-3H3,(H,15,17). The summed E-state index contributed by atoms with van der Waals surface area (Å²) in [4.78, 5) is 27.6. The summed E-state index contributed by atoms with van der Waals surface area (Å²) in [6, 6.07) is 3.37. The number of nitrogens with zero attached hydrogens (tertiary/aromatic N) is 1. The predicted molar refractivity (Wildman–Crippen MR) is 77.4 cm³/mol. The number of carbonyl (C=O) groups is 2. The van der Waals surface area contributed by atoms with Crippen LogP contribution in [0.1, 0.15) is 51.7 Å². The molecule has 112 valence electrons. The lowest BCUT2D eigenvalue weighted by molar-refractivity contribution is 0.0526. The van der Waals surface area contributed by atoms with Gasteiger partial charge >= 0.3 is 5.97 Å². The molecule has 0 saturated heterocycles. The van der Waals surface area contributed by atoms with E-state index in [0.29, 0.717) is 5.76 Å². The van der Waals surface area contributed by atoms with Crippen molar-refractivity contribution >= 4 is 23.2 Å². The fourth-order valence-electron chi connectivity index (χ4n) is 1.69. The number of amides is 1. The molecule has 2 rings (SSSR count). The number of esters is 1. The van der Waals surface area contributed by atoms with Crippen molar-refractivity contribution in [1.82, 2.24) is 10.3 Å². The first-order valence-corrected chi connectivity index (χ1v) is 7.39. The fraction of sp³-hybridized carbons (Fsp3) is 0.357. The van der Waals surface area contributed by atoms with Crippen LogP contribution in [0.5, 0.6) is 0 Å². The molecule has 1 atom stereocenters. The van der Waals surface area contributed by atoms with E-state index in [-0.39, 0.29) is 29.3 Å². The van der Waals surface area contributed by atoms with Crippen molar-refractivity contribution in [2.45, 2.75) is 26.8 Å². The first kappa shape index (κ1) is 15.2. The highest BCUT2D eigenvalue weighted by molar-refractivity contribution is 7.11. The summed E-state index contributed by atoms with van der Waals surface area (Å²) in [6.07, 6.45) is 0. The van der Waals surface area contributed by atoms with E-state index in [1.165, 1.54) is 5.38 Å². The Bertz CT molecular complexity index is 647. The minimum atomic E-state index is -0.517. The molecule has 0 spiro atoms. The van der Waals surface area contributed by atoms with Gasteiger partial charge in [-0.1, -0.05) is 0 Å². The van der Waals surface area contributed by atoms with Crippen molar-refractivity contribution in [3.8, 4) is 0 Å². The number of carbonyl (C=O) groups excluding carboxylic acids is 2. The van der Waals surface area contributed by atoms with Gasteiger partial charge in [0.2, 0.25) is 5.01 Å². The number of ether oxygens (including phenoxy) is 1. The van der Waals surface area contributed by atoms with Gasteiger partial charge in [-0.15, -0.1) is 11.3 Å². The lowest BCUT2D eigenvalue weighted by Crippen LogP contribution is -2.26. The SMILES string of the molecule is CCOC(=O)c1nc(C(=O)NC(C)c2ccc(C)o2)cs1. The van der Waals surface area contributed by atoms with E-state index in [0.717, 1.165) is 17.1 Å². The Morgan fingerprint density at radius 3 is 2.86 bits per heavy atom. The van der Waals surface area contributed by atoms with Crippen molar-refractivity contribution in [3.05, 3.63) is 39.7 Å². The molecule has 0 aliphatic carbocycles. The summed E-state index contributed by atoms with van der Waals surface area (Å²) in [5.41, 5.74) is 0.193. The van der Waals surface area contributed by atoms with Gasteiger partial charge in [-0.2, -0.15) is 0 Å². The highest BCUT2D eigenvalue weighted by Gasteiger charge is 2.19. The van der Waals surface area contributed by atoms with Gasteiger partial charge in [0.15, 0.2) is 0 Å². The van der Waals surface area contributed by atoms with Crippen LogP contribution in [0.15, 0.2) is 21.9 Å². The monoisotopic (exact) mass is 308 g/mol. The second-order valence-electron chi connectivity index (χ2n) is 4.40. The first-order valence-electron chi connectivity index (χ1n) is 6.51. The van der Waals surface area contributed by atoms with Crippen molar-refractivity contribution in [2.75, 3.05) is 6.61 Å². The zero-order chi connectivity index (χ0) is 15.4. The van der Waals surface area contributed by atoms with Crippen LogP contribution in [0.3, 0.4) is 0 Å². The molecular formula is C14H16N2O4S. The van der Waals surface area contributed by atoms with Gasteiger partial charge in [0.05, 0.1) is 12.6 Å². The highest BCUT2D eigenvalue weighted by atomic mass is 32.1. The molecule has 0 bridgehead atoms. The molecule has 0 fully saturated rings. The molecule has 21 heavy (non-hydrogen) atoms. The molecule has 6 nitrogen and oxygen atoms in total. The average molecular weight is 308 g/mol. The van der Waals surface area contributed by atoms with E-state index in [9.17, 15) is 9.59 Å². The van der Waals surface area contributed by atoms with Gasteiger partial charge in [0.1, 0.15) is 17.2 Å². The number of aromatic nitrogens is 1. The van der Waals surface area contributed by atoms with Gasteiger partial charge in [0, 0.05) is 5.38 Å². The minimum absolute atomic E-state index is 0.170.